The van der Waals surface area contributed by atoms with Crippen LogP contribution in [0.15, 0.2) is 0 Å². The van der Waals surface area contributed by atoms with Crippen LogP contribution in [0.3, 0.4) is 0 Å². The molecule has 5 heteroatoms. The van der Waals surface area contributed by atoms with Gasteiger partial charge >= 0.3 is 93.4 Å². The molecule has 0 saturated heterocycles. The monoisotopic (exact) mass is 209 g/mol. The van der Waals surface area contributed by atoms with Crippen LogP contribution in [0.25, 0.3) is 0 Å². The van der Waals surface area contributed by atoms with Crippen molar-refractivity contribution in [2.45, 2.75) is 0 Å². The summed E-state index contributed by atoms with van der Waals surface area (Å²) in [6.45, 7) is 0. The van der Waals surface area contributed by atoms with Gasteiger partial charge in [0, 0.05) is 0 Å². The van der Waals surface area contributed by atoms with Crippen LogP contribution in [-0.2, 0) is 13.0 Å². The molecule has 25 valence electrons. The van der Waals surface area contributed by atoms with E-state index in [1.807, 2.05) is 0 Å². The Balaban J connectivity index is 0. The summed E-state index contributed by atoms with van der Waals surface area (Å²) in [7, 11) is 15.0. The van der Waals surface area contributed by atoms with Gasteiger partial charge in [0.1, 0.15) is 0 Å². The summed E-state index contributed by atoms with van der Waals surface area (Å²) in [6, 6.07) is 0. The predicted octanol–water partition coefficient (Wildman–Crippen LogP) is 1.42. The Labute approximate surface area is 91.0 Å². The van der Waals surface area contributed by atoms with E-state index in [1.54, 1.807) is 0 Å². The molecule has 0 rings (SSSR count). The fourth-order valence-electron chi connectivity index (χ4n) is 0. The summed E-state index contributed by atoms with van der Waals surface area (Å²) in [5.41, 5.74) is 0. The molecule has 0 N–H and O–H groups in total. The van der Waals surface area contributed by atoms with E-state index in [2.05, 4.69) is 0 Å². The Bertz CT molecular complexity index is 11.6. The number of hydrogen-bond acceptors (Lipinski definition) is 0. The molecule has 0 fully saturated rings. The molecule has 0 heterocycles. The van der Waals surface area contributed by atoms with Crippen LogP contribution in [0, 0.1) is 0 Å². The second-order valence-electron chi connectivity index (χ2n) is 0.303. The Morgan fingerprint density at radius 1 is 1.00 bits per heavy atom. The summed E-state index contributed by atoms with van der Waals surface area (Å²) in [6.07, 6.45) is 0. The molecule has 0 spiro atoms. The number of rotatable bonds is 0. The molecule has 0 amide bonds. The van der Waals surface area contributed by atoms with Crippen LogP contribution in [0.4, 0.5) is 0 Å². The Morgan fingerprint density at radius 3 is 1.00 bits per heavy atom. The van der Waals surface area contributed by atoms with Crippen molar-refractivity contribution >= 4 is 80.5 Å². The molecular weight excluding hydrogens is 211 g/mol. The molecule has 0 aliphatic heterocycles. The molecule has 0 atom stereocenters. The Kier molecular flexibility index (Phi) is 15.7. The molecule has 0 aliphatic rings. The van der Waals surface area contributed by atoms with E-state index in [1.165, 1.54) is 0 Å². The van der Waals surface area contributed by atoms with Crippen molar-refractivity contribution in [2.75, 3.05) is 0 Å². The van der Waals surface area contributed by atoms with Gasteiger partial charge < -0.3 is 0 Å². The van der Waals surface area contributed by atoms with Gasteiger partial charge in [-0.2, -0.15) is 0 Å². The van der Waals surface area contributed by atoms with Crippen LogP contribution < -0.4 is 0 Å². The van der Waals surface area contributed by atoms with Crippen LogP contribution in [0.2, 0.25) is 0 Å². The average Bonchev–Trinajstić information content (AvgIpc) is 0.811. The van der Waals surface area contributed by atoms with Gasteiger partial charge in [-0.15, -0.1) is 0 Å². The van der Waals surface area contributed by atoms with Crippen LogP contribution in [0.1, 0.15) is 0 Å². The zero-order valence-corrected chi connectivity index (χ0v) is 7.08. The van der Waals surface area contributed by atoms with E-state index in [0.717, 1.165) is 0 Å². The molecule has 0 aliphatic carbocycles. The van der Waals surface area contributed by atoms with E-state index in [-0.39, 0.29) is 51.4 Å². The molecule has 0 aromatic rings. The van der Waals surface area contributed by atoms with Crippen molar-refractivity contribution in [1.82, 2.24) is 0 Å². The summed E-state index contributed by atoms with van der Waals surface area (Å²) in [5, 5.41) is 0. The van der Waals surface area contributed by atoms with Gasteiger partial charge in [-0.1, -0.05) is 0 Å². The third-order valence-corrected chi connectivity index (χ3v) is 0. The van der Waals surface area contributed by atoms with Crippen molar-refractivity contribution in [3.8, 4) is 0 Å². The van der Waals surface area contributed by atoms with Crippen molar-refractivity contribution in [2.24, 2.45) is 0 Å². The van der Waals surface area contributed by atoms with Crippen molar-refractivity contribution in [1.29, 1.82) is 0 Å². The van der Waals surface area contributed by atoms with E-state index in [9.17, 15) is 0 Å². The van der Waals surface area contributed by atoms with Gasteiger partial charge in [0.25, 0.3) is 0 Å². The maximum absolute atomic E-state index is 5.01. The summed E-state index contributed by atoms with van der Waals surface area (Å²) >= 11 is -2.21. The van der Waals surface area contributed by atoms with Gasteiger partial charge in [0.2, 0.25) is 0 Å². The van der Waals surface area contributed by atoms with Crippen molar-refractivity contribution in [3.63, 3.8) is 0 Å². The van der Waals surface area contributed by atoms with Gasteiger partial charge in [-0.25, -0.2) is 0 Å². The molecule has 0 aromatic carbocycles. The molecule has 0 nitrogen and oxygen atoms in total. The first-order chi connectivity index (χ1) is 1.73. The van der Waals surface area contributed by atoms with E-state index < -0.39 is 13.0 Å². The zero-order chi connectivity index (χ0) is 3.58. The molecule has 0 saturated carbocycles. The molecule has 0 aromatic heterocycles. The minimum atomic E-state index is -2.21. The molecule has 5 heavy (non-hydrogen) atoms. The third kappa shape index (κ3) is 19.2. The van der Waals surface area contributed by atoms with Crippen molar-refractivity contribution in [3.05, 3.63) is 0 Å². The average molecular weight is 212 g/mol. The first-order valence-electron chi connectivity index (χ1n) is 0.802. The standard InChI is InChI=1S/3ClH.K.Zn.H/h3*1H;;;/q;;;;+3;/p-3. The molecule has 0 radical (unpaired) electrons. The fourth-order valence-corrected chi connectivity index (χ4v) is 0. The van der Waals surface area contributed by atoms with Crippen LogP contribution in [0.5, 0.6) is 0 Å². The second-order valence-corrected chi connectivity index (χ2v) is 14.2. The first kappa shape index (κ1) is 11.0. The van der Waals surface area contributed by atoms with Gasteiger partial charge in [-0.3, -0.25) is 0 Å². The molecule has 0 unspecified atom stereocenters. The van der Waals surface area contributed by atoms with Crippen LogP contribution >= 0.6 is 29.1 Å². The normalized spacial score (nSPS) is 5.40. The van der Waals surface area contributed by atoms with E-state index in [0.29, 0.717) is 0 Å². The fraction of sp³-hybridized carbons (Fsp3) is 0. The second kappa shape index (κ2) is 7.13. The maximum atomic E-state index is 5.01. The number of halogens is 3. The number of hydrogen-bond donors (Lipinski definition) is 0. The Hall–Kier alpha value is 3.13. The zero-order valence-electron chi connectivity index (χ0n) is 1.84. The first-order valence-corrected chi connectivity index (χ1v) is 12.5. The SMILES string of the molecule is [Cl][Zn]([Cl])[Cl].[KH]. The van der Waals surface area contributed by atoms with Gasteiger partial charge in [0.15, 0.2) is 0 Å². The molecular formula is HCl3KZn. The third-order valence-electron chi connectivity index (χ3n) is 0. The van der Waals surface area contributed by atoms with Gasteiger partial charge in [0.05, 0.1) is 0 Å². The minimum absolute atomic E-state index is 0. The Morgan fingerprint density at radius 2 is 1.00 bits per heavy atom. The summed E-state index contributed by atoms with van der Waals surface area (Å²) in [4.78, 5) is 0. The van der Waals surface area contributed by atoms with E-state index >= 15 is 0 Å². The molecule has 0 bridgehead atoms. The predicted molar refractivity (Wildman–Crippen MR) is 24.7 cm³/mol. The topological polar surface area (TPSA) is 0 Å². The summed E-state index contributed by atoms with van der Waals surface area (Å²) in [5.74, 6) is 0. The summed E-state index contributed by atoms with van der Waals surface area (Å²) < 4.78 is 0. The van der Waals surface area contributed by atoms with Crippen molar-refractivity contribution < 1.29 is 13.0 Å². The van der Waals surface area contributed by atoms with Crippen LogP contribution in [-0.4, -0.2) is 51.4 Å². The quantitative estimate of drug-likeness (QED) is 0.532. The van der Waals surface area contributed by atoms with E-state index in [4.69, 9.17) is 29.1 Å². The van der Waals surface area contributed by atoms with Gasteiger partial charge in [-0.05, 0) is 0 Å².